The van der Waals surface area contributed by atoms with Crippen LogP contribution in [-0.2, 0) is 6.42 Å². The van der Waals surface area contributed by atoms with E-state index in [1.165, 1.54) is 12.1 Å². The lowest BCUT2D eigenvalue weighted by Crippen LogP contribution is -2.39. The number of hydrogen-bond donors (Lipinski definition) is 0. The summed E-state index contributed by atoms with van der Waals surface area (Å²) in [5.41, 5.74) is 1.57. The van der Waals surface area contributed by atoms with Gasteiger partial charge < -0.3 is 9.32 Å². The van der Waals surface area contributed by atoms with Gasteiger partial charge in [0, 0.05) is 31.9 Å². The van der Waals surface area contributed by atoms with Crippen molar-refractivity contribution in [2.75, 3.05) is 13.1 Å². The quantitative estimate of drug-likeness (QED) is 0.705. The Labute approximate surface area is 156 Å². The standard InChI is InChI=1S/C21H20FN3O2/c22-18-7-5-15(6-8-18)11-19-13-24-20(27-19)17-4-2-10-25(14-17)21(26)16-3-1-9-23-12-16/h1,3,5-9,12-13,17H,2,4,10-11,14H2/t17-/m1/s1. The van der Waals surface area contributed by atoms with Crippen LogP contribution in [0.5, 0.6) is 0 Å². The molecule has 4 rings (SSSR count). The summed E-state index contributed by atoms with van der Waals surface area (Å²) in [5.74, 6) is 1.23. The number of hydrogen-bond acceptors (Lipinski definition) is 4. The average molecular weight is 365 g/mol. The van der Waals surface area contributed by atoms with E-state index in [-0.39, 0.29) is 17.6 Å². The fraction of sp³-hybridized carbons (Fsp3) is 0.286. The summed E-state index contributed by atoms with van der Waals surface area (Å²) in [4.78, 5) is 23.0. The minimum atomic E-state index is -0.252. The van der Waals surface area contributed by atoms with Crippen molar-refractivity contribution >= 4 is 5.91 Å². The lowest BCUT2D eigenvalue weighted by molar-refractivity contribution is 0.0697. The molecule has 0 bridgehead atoms. The Morgan fingerprint density at radius 2 is 2.07 bits per heavy atom. The number of oxazole rings is 1. The molecular formula is C21H20FN3O2. The van der Waals surface area contributed by atoms with Crippen LogP contribution < -0.4 is 0 Å². The number of aromatic nitrogens is 2. The number of nitrogens with zero attached hydrogens (tertiary/aromatic N) is 3. The van der Waals surface area contributed by atoms with E-state index in [4.69, 9.17) is 4.42 Å². The topological polar surface area (TPSA) is 59.2 Å². The Morgan fingerprint density at radius 1 is 1.22 bits per heavy atom. The van der Waals surface area contributed by atoms with Crippen LogP contribution in [0.25, 0.3) is 0 Å². The third-order valence-corrected chi connectivity index (χ3v) is 4.83. The van der Waals surface area contributed by atoms with Gasteiger partial charge in [0.1, 0.15) is 11.6 Å². The van der Waals surface area contributed by atoms with E-state index < -0.39 is 0 Å². The molecule has 1 aliphatic rings. The first-order chi connectivity index (χ1) is 13.2. The van der Waals surface area contributed by atoms with E-state index in [1.54, 1.807) is 42.9 Å². The maximum Gasteiger partial charge on any atom is 0.255 e. The van der Waals surface area contributed by atoms with E-state index in [1.807, 2.05) is 4.90 Å². The predicted octanol–water partition coefficient (Wildman–Crippen LogP) is 3.82. The number of amides is 1. The third-order valence-electron chi connectivity index (χ3n) is 4.83. The lowest BCUT2D eigenvalue weighted by Gasteiger charge is -2.31. The van der Waals surface area contributed by atoms with Gasteiger partial charge in [0.25, 0.3) is 5.91 Å². The van der Waals surface area contributed by atoms with Crippen LogP contribution in [0.2, 0.25) is 0 Å². The summed E-state index contributed by atoms with van der Waals surface area (Å²) in [7, 11) is 0. The first kappa shape index (κ1) is 17.4. The zero-order valence-corrected chi connectivity index (χ0v) is 14.8. The van der Waals surface area contributed by atoms with Gasteiger partial charge in [0.05, 0.1) is 17.7 Å². The molecule has 0 unspecified atom stereocenters. The molecule has 3 aromatic rings. The summed E-state index contributed by atoms with van der Waals surface area (Å²) in [6.07, 6.45) is 7.39. The molecule has 27 heavy (non-hydrogen) atoms. The second-order valence-electron chi connectivity index (χ2n) is 6.80. The molecule has 1 aromatic carbocycles. The number of likely N-dealkylation sites (tertiary alicyclic amines) is 1. The van der Waals surface area contributed by atoms with Gasteiger partial charge in [-0.2, -0.15) is 0 Å². The summed E-state index contributed by atoms with van der Waals surface area (Å²) in [5, 5.41) is 0. The van der Waals surface area contributed by atoms with Crippen molar-refractivity contribution in [3.8, 4) is 0 Å². The van der Waals surface area contributed by atoms with Crippen molar-refractivity contribution in [2.24, 2.45) is 0 Å². The molecule has 0 saturated carbocycles. The van der Waals surface area contributed by atoms with Crippen molar-refractivity contribution in [1.29, 1.82) is 0 Å². The number of carbonyl (C=O) groups excluding carboxylic acids is 1. The zero-order valence-electron chi connectivity index (χ0n) is 14.8. The smallest absolute Gasteiger partial charge is 0.255 e. The molecule has 1 atom stereocenters. The minimum Gasteiger partial charge on any atom is -0.445 e. The Hall–Kier alpha value is -3.02. The third kappa shape index (κ3) is 4.05. The fourth-order valence-corrected chi connectivity index (χ4v) is 3.43. The Morgan fingerprint density at radius 3 is 2.85 bits per heavy atom. The van der Waals surface area contributed by atoms with E-state index in [9.17, 15) is 9.18 Å². The minimum absolute atomic E-state index is 0.00843. The monoisotopic (exact) mass is 365 g/mol. The van der Waals surface area contributed by atoms with Gasteiger partial charge in [-0.1, -0.05) is 12.1 Å². The molecule has 0 N–H and O–H groups in total. The molecule has 6 heteroatoms. The van der Waals surface area contributed by atoms with E-state index >= 15 is 0 Å². The Kier molecular flexibility index (Phi) is 4.96. The normalized spacial score (nSPS) is 17.1. The van der Waals surface area contributed by atoms with Crippen molar-refractivity contribution < 1.29 is 13.6 Å². The maximum atomic E-state index is 13.0. The number of rotatable bonds is 4. The van der Waals surface area contributed by atoms with Gasteiger partial charge in [-0.25, -0.2) is 9.37 Å². The van der Waals surface area contributed by atoms with Gasteiger partial charge >= 0.3 is 0 Å². The maximum absolute atomic E-state index is 13.0. The predicted molar refractivity (Wildman–Crippen MR) is 97.8 cm³/mol. The first-order valence-electron chi connectivity index (χ1n) is 9.07. The molecule has 138 valence electrons. The van der Waals surface area contributed by atoms with Gasteiger partial charge in [0.15, 0.2) is 5.89 Å². The average Bonchev–Trinajstić information content (AvgIpc) is 3.18. The highest BCUT2D eigenvalue weighted by molar-refractivity contribution is 5.93. The lowest BCUT2D eigenvalue weighted by atomic mass is 9.97. The number of benzene rings is 1. The second kappa shape index (κ2) is 7.70. The van der Waals surface area contributed by atoms with E-state index in [2.05, 4.69) is 9.97 Å². The van der Waals surface area contributed by atoms with Crippen LogP contribution in [0.15, 0.2) is 59.4 Å². The van der Waals surface area contributed by atoms with E-state index in [0.29, 0.717) is 24.4 Å². The van der Waals surface area contributed by atoms with Crippen LogP contribution in [0.4, 0.5) is 4.39 Å². The summed E-state index contributed by atoms with van der Waals surface area (Å²) >= 11 is 0. The van der Waals surface area contributed by atoms with Gasteiger partial charge in [-0.05, 0) is 42.7 Å². The second-order valence-corrected chi connectivity index (χ2v) is 6.80. The van der Waals surface area contributed by atoms with Crippen LogP contribution in [-0.4, -0.2) is 33.9 Å². The van der Waals surface area contributed by atoms with Crippen LogP contribution in [0.3, 0.4) is 0 Å². The van der Waals surface area contributed by atoms with Crippen molar-refractivity contribution in [1.82, 2.24) is 14.9 Å². The number of pyridine rings is 1. The summed E-state index contributed by atoms with van der Waals surface area (Å²) in [6, 6.07) is 9.92. The molecule has 1 fully saturated rings. The summed E-state index contributed by atoms with van der Waals surface area (Å²) in [6.45, 7) is 1.32. The van der Waals surface area contributed by atoms with E-state index in [0.717, 1.165) is 30.7 Å². The molecule has 1 amide bonds. The highest BCUT2D eigenvalue weighted by Gasteiger charge is 2.28. The molecule has 3 heterocycles. The molecule has 5 nitrogen and oxygen atoms in total. The van der Waals surface area contributed by atoms with Crippen molar-refractivity contribution in [3.05, 3.63) is 83.6 Å². The van der Waals surface area contributed by atoms with Gasteiger partial charge in [-0.15, -0.1) is 0 Å². The number of piperidine rings is 1. The van der Waals surface area contributed by atoms with Gasteiger partial charge in [0.2, 0.25) is 0 Å². The summed E-state index contributed by atoms with van der Waals surface area (Å²) < 4.78 is 19.0. The van der Waals surface area contributed by atoms with Crippen LogP contribution in [0, 0.1) is 5.82 Å². The van der Waals surface area contributed by atoms with Crippen molar-refractivity contribution in [2.45, 2.75) is 25.2 Å². The molecule has 0 aliphatic carbocycles. The SMILES string of the molecule is O=C(c1cccnc1)N1CCC[C@@H](c2ncc(Cc3ccc(F)cc3)o2)C1. The van der Waals surface area contributed by atoms with Crippen molar-refractivity contribution in [3.63, 3.8) is 0 Å². The Balaban J connectivity index is 1.43. The molecule has 2 aromatic heterocycles. The largest absolute Gasteiger partial charge is 0.445 e. The fourth-order valence-electron chi connectivity index (χ4n) is 3.43. The number of halogens is 1. The van der Waals surface area contributed by atoms with Gasteiger partial charge in [-0.3, -0.25) is 9.78 Å². The van der Waals surface area contributed by atoms with Crippen LogP contribution >= 0.6 is 0 Å². The molecule has 0 radical (unpaired) electrons. The molecule has 1 aliphatic heterocycles. The number of carbonyl (C=O) groups is 1. The first-order valence-corrected chi connectivity index (χ1v) is 9.07. The highest BCUT2D eigenvalue weighted by Crippen LogP contribution is 2.28. The Bertz CT molecular complexity index is 909. The molecule has 1 saturated heterocycles. The molecular weight excluding hydrogens is 345 g/mol. The zero-order chi connectivity index (χ0) is 18.6. The molecule has 0 spiro atoms. The highest BCUT2D eigenvalue weighted by atomic mass is 19.1. The van der Waals surface area contributed by atoms with Crippen LogP contribution in [0.1, 0.15) is 46.3 Å².